The molecule has 1 aromatic rings. The normalized spacial score (nSPS) is 12.9. The number of aliphatic hydroxyl groups excluding tert-OH is 1. The summed E-state index contributed by atoms with van der Waals surface area (Å²) >= 11 is 5.84. The molecule has 5 heteroatoms. The van der Waals surface area contributed by atoms with E-state index in [4.69, 9.17) is 11.6 Å². The molecule has 19 heavy (non-hydrogen) atoms. The number of amides is 2. The van der Waals surface area contributed by atoms with Gasteiger partial charge < -0.3 is 15.7 Å². The lowest BCUT2D eigenvalue weighted by atomic mass is 9.87. The van der Waals surface area contributed by atoms with Crippen molar-refractivity contribution >= 4 is 23.3 Å². The van der Waals surface area contributed by atoms with Gasteiger partial charge in [0.2, 0.25) is 0 Å². The highest BCUT2D eigenvalue weighted by Gasteiger charge is 2.21. The van der Waals surface area contributed by atoms with Crippen LogP contribution in [0.2, 0.25) is 5.02 Å². The average molecular weight is 285 g/mol. The van der Waals surface area contributed by atoms with Crippen LogP contribution in [0.15, 0.2) is 24.3 Å². The fraction of sp³-hybridized carbons (Fsp3) is 0.500. The van der Waals surface area contributed by atoms with Crippen molar-refractivity contribution < 1.29 is 9.90 Å². The van der Waals surface area contributed by atoms with Crippen LogP contribution in [0.1, 0.15) is 27.2 Å². The highest BCUT2D eigenvalue weighted by Crippen LogP contribution is 2.21. The van der Waals surface area contributed by atoms with Crippen molar-refractivity contribution in [3.8, 4) is 0 Å². The average Bonchev–Trinajstić information content (AvgIpc) is 2.25. The monoisotopic (exact) mass is 284 g/mol. The molecule has 0 radical (unpaired) electrons. The van der Waals surface area contributed by atoms with Crippen molar-refractivity contribution in [2.75, 3.05) is 11.9 Å². The molecule has 2 amide bonds. The summed E-state index contributed by atoms with van der Waals surface area (Å²) in [5.74, 6) is 0. The Kier molecular flexibility index (Phi) is 5.63. The zero-order chi connectivity index (χ0) is 14.5. The smallest absolute Gasteiger partial charge is 0.319 e. The van der Waals surface area contributed by atoms with Crippen molar-refractivity contribution in [1.82, 2.24) is 5.32 Å². The Morgan fingerprint density at radius 1 is 1.47 bits per heavy atom. The lowest BCUT2D eigenvalue weighted by molar-refractivity contribution is 0.129. The molecule has 4 nitrogen and oxygen atoms in total. The number of hydrogen-bond acceptors (Lipinski definition) is 2. The van der Waals surface area contributed by atoms with E-state index in [1.165, 1.54) is 0 Å². The third kappa shape index (κ3) is 6.45. The molecule has 0 saturated heterocycles. The van der Waals surface area contributed by atoms with Gasteiger partial charge in [-0.3, -0.25) is 0 Å². The van der Waals surface area contributed by atoms with E-state index in [9.17, 15) is 9.90 Å². The number of nitrogens with one attached hydrogen (secondary N) is 2. The summed E-state index contributed by atoms with van der Waals surface area (Å²) in [4.78, 5) is 11.7. The van der Waals surface area contributed by atoms with Crippen LogP contribution in [0.25, 0.3) is 0 Å². The van der Waals surface area contributed by atoms with Gasteiger partial charge >= 0.3 is 6.03 Å². The van der Waals surface area contributed by atoms with Crippen LogP contribution in [-0.4, -0.2) is 23.8 Å². The molecule has 1 atom stereocenters. The molecule has 1 unspecified atom stereocenters. The van der Waals surface area contributed by atoms with Gasteiger partial charge in [-0.15, -0.1) is 0 Å². The van der Waals surface area contributed by atoms with Gasteiger partial charge in [0.05, 0.1) is 6.10 Å². The first kappa shape index (κ1) is 15.8. The van der Waals surface area contributed by atoms with Crippen LogP contribution in [0.3, 0.4) is 0 Å². The van der Waals surface area contributed by atoms with Gasteiger partial charge in [0, 0.05) is 17.3 Å². The molecule has 0 bridgehead atoms. The van der Waals surface area contributed by atoms with E-state index in [2.05, 4.69) is 10.6 Å². The van der Waals surface area contributed by atoms with Gasteiger partial charge in [0.1, 0.15) is 0 Å². The molecule has 106 valence electrons. The lowest BCUT2D eigenvalue weighted by Gasteiger charge is -2.26. The molecule has 0 heterocycles. The fourth-order valence-corrected chi connectivity index (χ4v) is 2.12. The topological polar surface area (TPSA) is 61.4 Å². The number of halogens is 1. The predicted octanol–water partition coefficient (Wildman–Crippen LogP) is 3.26. The highest BCUT2D eigenvalue weighted by molar-refractivity contribution is 6.30. The van der Waals surface area contributed by atoms with Gasteiger partial charge in [-0.2, -0.15) is 0 Å². The SMILES string of the molecule is CC(O)CC(C)(C)CNC(=O)Nc1cccc(Cl)c1. The fourth-order valence-electron chi connectivity index (χ4n) is 1.93. The maximum absolute atomic E-state index is 11.7. The maximum Gasteiger partial charge on any atom is 0.319 e. The Hall–Kier alpha value is -1.26. The molecule has 0 aliphatic rings. The Balaban J connectivity index is 2.44. The largest absolute Gasteiger partial charge is 0.393 e. The van der Waals surface area contributed by atoms with Gasteiger partial charge in [-0.05, 0) is 37.0 Å². The van der Waals surface area contributed by atoms with E-state index in [-0.39, 0.29) is 17.6 Å². The minimum Gasteiger partial charge on any atom is -0.393 e. The molecular weight excluding hydrogens is 264 g/mol. The molecule has 1 aromatic carbocycles. The molecule has 0 saturated carbocycles. The van der Waals surface area contributed by atoms with Gasteiger partial charge in [0.25, 0.3) is 0 Å². The van der Waals surface area contributed by atoms with Crippen LogP contribution in [0.5, 0.6) is 0 Å². The third-order valence-electron chi connectivity index (χ3n) is 2.66. The number of aliphatic hydroxyl groups is 1. The number of carbonyl (C=O) groups is 1. The zero-order valence-corrected chi connectivity index (χ0v) is 12.3. The number of anilines is 1. The van der Waals surface area contributed by atoms with E-state index in [0.717, 1.165) is 0 Å². The molecule has 0 aliphatic carbocycles. The van der Waals surface area contributed by atoms with Crippen LogP contribution in [0.4, 0.5) is 10.5 Å². The molecule has 0 spiro atoms. The van der Waals surface area contributed by atoms with Gasteiger partial charge in [-0.25, -0.2) is 4.79 Å². The summed E-state index contributed by atoms with van der Waals surface area (Å²) in [5, 5.41) is 15.5. The number of carbonyl (C=O) groups excluding carboxylic acids is 1. The quantitative estimate of drug-likeness (QED) is 0.777. The molecule has 3 N–H and O–H groups in total. The number of rotatable bonds is 5. The van der Waals surface area contributed by atoms with Crippen molar-refractivity contribution in [1.29, 1.82) is 0 Å². The van der Waals surface area contributed by atoms with Gasteiger partial charge in [0.15, 0.2) is 0 Å². The van der Waals surface area contributed by atoms with E-state index in [1.54, 1.807) is 31.2 Å². The molecule has 0 fully saturated rings. The summed E-state index contributed by atoms with van der Waals surface area (Å²) in [7, 11) is 0. The maximum atomic E-state index is 11.7. The van der Waals surface area contributed by atoms with Crippen molar-refractivity contribution in [3.05, 3.63) is 29.3 Å². The zero-order valence-electron chi connectivity index (χ0n) is 11.5. The summed E-state index contributed by atoms with van der Waals surface area (Å²) in [6, 6.07) is 6.70. The summed E-state index contributed by atoms with van der Waals surface area (Å²) < 4.78 is 0. The summed E-state index contributed by atoms with van der Waals surface area (Å²) in [6.07, 6.45) is 0.248. The van der Waals surface area contributed by atoms with Gasteiger partial charge in [-0.1, -0.05) is 31.5 Å². The Morgan fingerprint density at radius 2 is 2.16 bits per heavy atom. The Bertz CT molecular complexity index is 433. The second-order valence-electron chi connectivity index (χ2n) is 5.54. The molecule has 1 rings (SSSR count). The molecular formula is C14H21ClN2O2. The molecule has 0 aliphatic heterocycles. The first-order valence-corrected chi connectivity index (χ1v) is 6.65. The van der Waals surface area contributed by atoms with E-state index < -0.39 is 0 Å². The van der Waals surface area contributed by atoms with E-state index in [0.29, 0.717) is 23.7 Å². The summed E-state index contributed by atoms with van der Waals surface area (Å²) in [5.41, 5.74) is 0.498. The van der Waals surface area contributed by atoms with Crippen LogP contribution < -0.4 is 10.6 Å². The van der Waals surface area contributed by atoms with E-state index >= 15 is 0 Å². The second kappa shape index (κ2) is 6.78. The number of hydrogen-bond donors (Lipinski definition) is 3. The number of urea groups is 1. The van der Waals surface area contributed by atoms with Crippen LogP contribution in [-0.2, 0) is 0 Å². The highest BCUT2D eigenvalue weighted by atomic mass is 35.5. The van der Waals surface area contributed by atoms with Crippen molar-refractivity contribution in [2.24, 2.45) is 5.41 Å². The second-order valence-corrected chi connectivity index (χ2v) is 5.97. The molecule has 0 aromatic heterocycles. The minimum absolute atomic E-state index is 0.153. The van der Waals surface area contributed by atoms with Crippen molar-refractivity contribution in [3.63, 3.8) is 0 Å². The third-order valence-corrected chi connectivity index (χ3v) is 2.89. The standard InChI is InChI=1S/C14H21ClN2O2/c1-10(18)8-14(2,3)9-16-13(19)17-12-6-4-5-11(15)7-12/h4-7,10,18H,8-9H2,1-3H3,(H2,16,17,19). The number of benzene rings is 1. The first-order chi connectivity index (χ1) is 8.78. The van der Waals surface area contributed by atoms with Crippen molar-refractivity contribution in [2.45, 2.75) is 33.3 Å². The van der Waals surface area contributed by atoms with Crippen LogP contribution >= 0.6 is 11.6 Å². The van der Waals surface area contributed by atoms with E-state index in [1.807, 2.05) is 13.8 Å². The minimum atomic E-state index is -0.382. The predicted molar refractivity (Wildman–Crippen MR) is 78.6 cm³/mol. The summed E-state index contributed by atoms with van der Waals surface area (Å²) in [6.45, 7) is 6.23. The Labute approximate surface area is 119 Å². The first-order valence-electron chi connectivity index (χ1n) is 6.27. The van der Waals surface area contributed by atoms with Crippen LogP contribution in [0, 0.1) is 5.41 Å². The lowest BCUT2D eigenvalue weighted by Crippen LogP contribution is -2.38. The Morgan fingerprint density at radius 3 is 2.74 bits per heavy atom.